The molecular formula is C24H38N4O5. The summed E-state index contributed by atoms with van der Waals surface area (Å²) in [5.74, 6) is 0.224. The highest BCUT2D eigenvalue weighted by Crippen LogP contribution is 2.26. The van der Waals surface area contributed by atoms with E-state index in [0.29, 0.717) is 36.5 Å². The van der Waals surface area contributed by atoms with Gasteiger partial charge in [-0.05, 0) is 39.0 Å². The van der Waals surface area contributed by atoms with Gasteiger partial charge in [-0.1, -0.05) is 13.8 Å². The van der Waals surface area contributed by atoms with Crippen LogP contribution < -0.4 is 15.4 Å². The summed E-state index contributed by atoms with van der Waals surface area (Å²) >= 11 is 0. The number of carbonyl (C=O) groups excluding carboxylic acids is 3. The van der Waals surface area contributed by atoms with Gasteiger partial charge < -0.3 is 29.9 Å². The Bertz CT molecular complexity index is 844. The number of likely N-dealkylation sites (N-methyl/N-ethyl adjacent to an activating group) is 1. The molecule has 0 fully saturated rings. The Morgan fingerprint density at radius 1 is 1.24 bits per heavy atom. The molecule has 1 heterocycles. The van der Waals surface area contributed by atoms with E-state index in [0.717, 1.165) is 0 Å². The summed E-state index contributed by atoms with van der Waals surface area (Å²) in [4.78, 5) is 41.5. The van der Waals surface area contributed by atoms with Gasteiger partial charge in [0.2, 0.25) is 5.91 Å². The van der Waals surface area contributed by atoms with E-state index < -0.39 is 0 Å². The van der Waals surface area contributed by atoms with Crippen molar-refractivity contribution < 1.29 is 23.9 Å². The van der Waals surface area contributed by atoms with Crippen LogP contribution in [0.4, 0.5) is 10.5 Å². The molecule has 1 aliphatic heterocycles. The monoisotopic (exact) mass is 462 g/mol. The number of urea groups is 1. The molecule has 33 heavy (non-hydrogen) atoms. The van der Waals surface area contributed by atoms with E-state index in [1.54, 1.807) is 37.3 Å². The second kappa shape index (κ2) is 11.9. The third-order valence-electron chi connectivity index (χ3n) is 5.75. The highest BCUT2D eigenvalue weighted by atomic mass is 16.5. The van der Waals surface area contributed by atoms with E-state index in [4.69, 9.17) is 9.47 Å². The lowest BCUT2D eigenvalue weighted by atomic mass is 10.0. The zero-order valence-electron chi connectivity index (χ0n) is 20.8. The molecular weight excluding hydrogens is 424 g/mol. The Kier molecular flexibility index (Phi) is 9.52. The first kappa shape index (κ1) is 26.4. The first-order valence-corrected chi connectivity index (χ1v) is 11.5. The van der Waals surface area contributed by atoms with Crippen LogP contribution in [0.15, 0.2) is 18.2 Å². The molecule has 0 bridgehead atoms. The predicted octanol–water partition coefficient (Wildman–Crippen LogP) is 2.96. The van der Waals surface area contributed by atoms with Crippen LogP contribution in [-0.4, -0.2) is 79.7 Å². The molecule has 0 spiro atoms. The van der Waals surface area contributed by atoms with E-state index in [9.17, 15) is 14.4 Å². The zero-order valence-corrected chi connectivity index (χ0v) is 20.8. The number of ether oxygens (including phenoxy) is 2. The minimum absolute atomic E-state index is 0.00910. The summed E-state index contributed by atoms with van der Waals surface area (Å²) in [6, 6.07) is 4.42. The first-order chi connectivity index (χ1) is 15.6. The van der Waals surface area contributed by atoms with Gasteiger partial charge in [0.1, 0.15) is 12.4 Å². The number of rotatable bonds is 4. The van der Waals surface area contributed by atoms with Crippen LogP contribution in [0.2, 0.25) is 0 Å². The lowest BCUT2D eigenvalue weighted by molar-refractivity contribution is -0.135. The summed E-state index contributed by atoms with van der Waals surface area (Å²) in [6.45, 7) is 10.6. The largest absolute Gasteiger partial charge is 0.491 e. The molecule has 0 aromatic heterocycles. The fraction of sp³-hybridized carbons (Fsp3) is 0.625. The number of carbonyl (C=O) groups is 3. The van der Waals surface area contributed by atoms with E-state index in [-0.39, 0.29) is 48.6 Å². The second-order valence-electron chi connectivity index (χ2n) is 8.96. The number of benzene rings is 1. The first-order valence-electron chi connectivity index (χ1n) is 11.5. The number of hydrogen-bond donors (Lipinski definition) is 2. The van der Waals surface area contributed by atoms with Crippen molar-refractivity contribution >= 4 is 23.5 Å². The molecule has 0 aliphatic carbocycles. The molecule has 2 rings (SSSR count). The van der Waals surface area contributed by atoms with E-state index in [1.165, 1.54) is 0 Å². The minimum Gasteiger partial charge on any atom is -0.491 e. The van der Waals surface area contributed by atoms with Crippen molar-refractivity contribution in [1.82, 2.24) is 15.1 Å². The van der Waals surface area contributed by atoms with Crippen molar-refractivity contribution in [3.63, 3.8) is 0 Å². The van der Waals surface area contributed by atoms with Gasteiger partial charge in [0.05, 0.1) is 17.7 Å². The number of anilines is 1. The maximum absolute atomic E-state index is 13.3. The molecule has 1 aliphatic rings. The Balaban J connectivity index is 2.41. The summed E-state index contributed by atoms with van der Waals surface area (Å²) in [5, 5.41) is 5.52. The third kappa shape index (κ3) is 7.08. The second-order valence-corrected chi connectivity index (χ2v) is 8.96. The Hall–Kier alpha value is -2.81. The van der Waals surface area contributed by atoms with Crippen molar-refractivity contribution in [2.24, 2.45) is 5.92 Å². The fourth-order valence-electron chi connectivity index (χ4n) is 3.83. The van der Waals surface area contributed by atoms with Crippen molar-refractivity contribution in [2.45, 2.75) is 59.2 Å². The van der Waals surface area contributed by atoms with E-state index >= 15 is 0 Å². The molecule has 3 atom stereocenters. The van der Waals surface area contributed by atoms with Crippen LogP contribution in [0.1, 0.15) is 51.4 Å². The molecule has 1 aromatic rings. The van der Waals surface area contributed by atoms with Crippen molar-refractivity contribution in [3.8, 4) is 5.75 Å². The normalized spacial score (nSPS) is 22.1. The minimum atomic E-state index is -0.351. The molecule has 0 unspecified atom stereocenters. The quantitative estimate of drug-likeness (QED) is 0.717. The molecule has 1 aromatic carbocycles. The molecule has 9 nitrogen and oxygen atoms in total. The molecule has 0 radical (unpaired) electrons. The van der Waals surface area contributed by atoms with Gasteiger partial charge in [-0.2, -0.15) is 0 Å². The van der Waals surface area contributed by atoms with Crippen LogP contribution in [-0.2, 0) is 9.53 Å². The van der Waals surface area contributed by atoms with Crippen molar-refractivity contribution in [2.75, 3.05) is 39.2 Å². The molecule has 184 valence electrons. The molecule has 0 saturated carbocycles. The Morgan fingerprint density at radius 3 is 2.55 bits per heavy atom. The lowest BCUT2D eigenvalue weighted by Crippen LogP contribution is -2.48. The zero-order chi connectivity index (χ0) is 24.7. The number of hydrogen-bond acceptors (Lipinski definition) is 5. The van der Waals surface area contributed by atoms with Gasteiger partial charge in [-0.15, -0.1) is 0 Å². The van der Waals surface area contributed by atoms with Crippen molar-refractivity contribution in [3.05, 3.63) is 23.8 Å². The average Bonchev–Trinajstić information content (AvgIpc) is 2.77. The number of nitrogens with zero attached hydrogens (tertiary/aromatic N) is 2. The predicted molar refractivity (Wildman–Crippen MR) is 128 cm³/mol. The van der Waals surface area contributed by atoms with Crippen molar-refractivity contribution in [1.29, 1.82) is 0 Å². The smallest absolute Gasteiger partial charge is 0.319 e. The van der Waals surface area contributed by atoms with Crippen LogP contribution in [0.5, 0.6) is 5.75 Å². The molecule has 0 saturated heterocycles. The van der Waals surface area contributed by atoms with Gasteiger partial charge in [0, 0.05) is 51.3 Å². The maximum atomic E-state index is 13.3. The third-order valence-corrected chi connectivity index (χ3v) is 5.75. The van der Waals surface area contributed by atoms with Crippen LogP contribution in [0, 0.1) is 5.92 Å². The van der Waals surface area contributed by atoms with Crippen LogP contribution >= 0.6 is 0 Å². The van der Waals surface area contributed by atoms with Crippen LogP contribution in [0.25, 0.3) is 0 Å². The van der Waals surface area contributed by atoms with Gasteiger partial charge >= 0.3 is 6.03 Å². The van der Waals surface area contributed by atoms with Gasteiger partial charge in [-0.25, -0.2) is 4.79 Å². The van der Waals surface area contributed by atoms with Crippen LogP contribution in [0.3, 0.4) is 0 Å². The fourth-order valence-corrected chi connectivity index (χ4v) is 3.83. The number of amides is 4. The summed E-state index contributed by atoms with van der Waals surface area (Å²) in [7, 11) is 3.33. The average molecular weight is 463 g/mol. The van der Waals surface area contributed by atoms with E-state index in [2.05, 4.69) is 10.6 Å². The van der Waals surface area contributed by atoms with E-state index in [1.807, 2.05) is 39.5 Å². The number of nitrogens with one attached hydrogen (secondary N) is 2. The van der Waals surface area contributed by atoms with Gasteiger partial charge in [-0.3, -0.25) is 9.59 Å². The molecule has 9 heteroatoms. The highest BCUT2D eigenvalue weighted by Gasteiger charge is 2.30. The highest BCUT2D eigenvalue weighted by molar-refractivity contribution is 5.99. The molecule has 2 N–H and O–H groups in total. The SMILES string of the molecule is CCC(=O)N1C[C@@H](C)[C@H](OC)CN(C)C(=O)c2cc(NC(=O)NC(C)C)ccc2OC[C@H]1C. The maximum Gasteiger partial charge on any atom is 0.319 e. The number of methoxy groups -OCH3 is 1. The molecule has 4 amide bonds. The summed E-state index contributed by atoms with van der Waals surface area (Å²) in [6.07, 6.45) is 0.150. The summed E-state index contributed by atoms with van der Waals surface area (Å²) < 4.78 is 11.7. The number of fused-ring (bicyclic) bond motifs is 1. The Labute approximate surface area is 196 Å². The lowest BCUT2D eigenvalue weighted by Gasteiger charge is -2.36. The van der Waals surface area contributed by atoms with Gasteiger partial charge in [0.15, 0.2) is 0 Å². The standard InChI is InChI=1S/C24H38N4O5/c1-8-22(29)28-12-16(4)21(32-7)13-27(6)23(30)19-11-18(26-24(31)25-15(2)3)9-10-20(19)33-14-17(28)5/h9-11,15-17,21H,8,12-14H2,1-7H3,(H2,25,26,31)/t16-,17-,21-/m1/s1. The Morgan fingerprint density at radius 2 is 1.94 bits per heavy atom. The topological polar surface area (TPSA) is 100 Å². The van der Waals surface area contributed by atoms with Gasteiger partial charge in [0.25, 0.3) is 5.91 Å². The summed E-state index contributed by atoms with van der Waals surface area (Å²) in [5.41, 5.74) is 0.820.